The number of anilines is 1. The first-order valence-electron chi connectivity index (χ1n) is 9.90. The van der Waals surface area contributed by atoms with Crippen molar-refractivity contribution in [1.82, 2.24) is 15.3 Å². The van der Waals surface area contributed by atoms with Gasteiger partial charge in [0.15, 0.2) is 5.82 Å². The van der Waals surface area contributed by atoms with Crippen LogP contribution in [0.25, 0.3) is 0 Å². The molecule has 1 aromatic carbocycles. The first kappa shape index (κ1) is 19.1. The molecular formula is C21H28N4O2. The molecule has 0 saturated carbocycles. The molecule has 1 N–H and O–H groups in total. The Bertz CT molecular complexity index is 727. The number of carbonyl (C=O) groups is 1. The third-order valence-corrected chi connectivity index (χ3v) is 4.70. The van der Waals surface area contributed by atoms with E-state index in [9.17, 15) is 4.79 Å². The lowest BCUT2D eigenvalue weighted by Crippen LogP contribution is -2.30. The second-order valence-electron chi connectivity index (χ2n) is 6.82. The van der Waals surface area contributed by atoms with E-state index in [1.807, 2.05) is 0 Å². The molecule has 0 aliphatic carbocycles. The largest absolute Gasteiger partial charge is 0.436 e. The predicted molar refractivity (Wildman–Crippen MR) is 106 cm³/mol. The van der Waals surface area contributed by atoms with Gasteiger partial charge < -0.3 is 15.0 Å². The van der Waals surface area contributed by atoms with Crippen molar-refractivity contribution in [2.45, 2.75) is 45.4 Å². The van der Waals surface area contributed by atoms with E-state index < -0.39 is 0 Å². The van der Waals surface area contributed by atoms with Gasteiger partial charge in [0.25, 0.3) is 11.8 Å². The van der Waals surface area contributed by atoms with Gasteiger partial charge in [-0.3, -0.25) is 4.79 Å². The number of aromatic nitrogens is 2. The monoisotopic (exact) mass is 368 g/mol. The number of nitrogens with zero attached hydrogens (tertiary/aromatic N) is 3. The number of amides is 1. The van der Waals surface area contributed by atoms with Crippen LogP contribution in [0.3, 0.4) is 0 Å². The van der Waals surface area contributed by atoms with Crippen molar-refractivity contribution in [3.05, 3.63) is 42.2 Å². The third-order valence-electron chi connectivity index (χ3n) is 4.70. The van der Waals surface area contributed by atoms with E-state index in [4.69, 9.17) is 4.74 Å². The predicted octanol–water partition coefficient (Wildman–Crippen LogP) is 4.18. The van der Waals surface area contributed by atoms with Crippen molar-refractivity contribution < 1.29 is 9.53 Å². The molecule has 1 aliphatic heterocycles. The Morgan fingerprint density at radius 1 is 1.07 bits per heavy atom. The standard InChI is InChI=1S/C21H28N4O2/c1-2-3-5-12-23-20(26)17-8-10-18(11-9-17)27-21-19(22-13-14-24-21)25-15-6-4-7-16-25/h8-11,13-14H,2-7,12,15-16H2,1H3,(H,23,26). The summed E-state index contributed by atoms with van der Waals surface area (Å²) in [5.41, 5.74) is 0.634. The van der Waals surface area contributed by atoms with Crippen LogP contribution in [0.1, 0.15) is 55.8 Å². The van der Waals surface area contributed by atoms with Crippen molar-refractivity contribution in [3.8, 4) is 11.6 Å². The summed E-state index contributed by atoms with van der Waals surface area (Å²) >= 11 is 0. The quantitative estimate of drug-likeness (QED) is 0.708. The van der Waals surface area contributed by atoms with Gasteiger partial charge in [0.2, 0.25) is 0 Å². The normalized spacial score (nSPS) is 14.0. The molecule has 0 atom stereocenters. The number of nitrogens with one attached hydrogen (secondary N) is 1. The Labute approximate surface area is 161 Å². The molecule has 3 rings (SSSR count). The average molecular weight is 368 g/mol. The molecule has 0 radical (unpaired) electrons. The van der Waals surface area contributed by atoms with Gasteiger partial charge in [0.1, 0.15) is 5.75 Å². The summed E-state index contributed by atoms with van der Waals surface area (Å²) in [6, 6.07) is 7.16. The number of hydrogen-bond acceptors (Lipinski definition) is 5. The Morgan fingerprint density at radius 3 is 2.56 bits per heavy atom. The molecule has 1 amide bonds. The molecule has 27 heavy (non-hydrogen) atoms. The zero-order valence-corrected chi connectivity index (χ0v) is 16.0. The van der Waals surface area contributed by atoms with Crippen molar-refractivity contribution in [3.63, 3.8) is 0 Å². The minimum Gasteiger partial charge on any atom is -0.436 e. The maximum atomic E-state index is 12.2. The molecule has 1 saturated heterocycles. The molecule has 1 aliphatic rings. The van der Waals surface area contributed by atoms with Gasteiger partial charge >= 0.3 is 0 Å². The minimum absolute atomic E-state index is 0.0499. The fraction of sp³-hybridized carbons (Fsp3) is 0.476. The number of piperidine rings is 1. The smallest absolute Gasteiger partial charge is 0.263 e. The van der Waals surface area contributed by atoms with E-state index in [1.54, 1.807) is 36.7 Å². The van der Waals surface area contributed by atoms with Gasteiger partial charge in [0.05, 0.1) is 0 Å². The van der Waals surface area contributed by atoms with Gasteiger partial charge in [0, 0.05) is 37.6 Å². The molecule has 144 valence electrons. The van der Waals surface area contributed by atoms with Gasteiger partial charge in [-0.05, 0) is 49.9 Å². The van der Waals surface area contributed by atoms with Gasteiger partial charge in [-0.25, -0.2) is 9.97 Å². The second kappa shape index (κ2) is 9.90. The summed E-state index contributed by atoms with van der Waals surface area (Å²) in [4.78, 5) is 23.2. The average Bonchev–Trinajstić information content (AvgIpc) is 2.73. The molecule has 1 aromatic heterocycles. The van der Waals surface area contributed by atoms with Crippen LogP contribution in [0.2, 0.25) is 0 Å². The van der Waals surface area contributed by atoms with Crippen LogP contribution in [0.4, 0.5) is 5.82 Å². The van der Waals surface area contributed by atoms with E-state index >= 15 is 0 Å². The molecule has 0 unspecified atom stereocenters. The maximum Gasteiger partial charge on any atom is 0.263 e. The van der Waals surface area contributed by atoms with Crippen LogP contribution in [0.5, 0.6) is 11.6 Å². The molecule has 0 spiro atoms. The number of rotatable bonds is 8. The molecular weight excluding hydrogens is 340 g/mol. The minimum atomic E-state index is -0.0499. The molecule has 0 bridgehead atoms. The van der Waals surface area contributed by atoms with Gasteiger partial charge in [-0.15, -0.1) is 0 Å². The molecule has 2 heterocycles. The molecule has 6 nitrogen and oxygen atoms in total. The lowest BCUT2D eigenvalue weighted by Gasteiger charge is -2.28. The highest BCUT2D eigenvalue weighted by molar-refractivity contribution is 5.94. The summed E-state index contributed by atoms with van der Waals surface area (Å²) in [5.74, 6) is 1.90. The Balaban J connectivity index is 1.62. The van der Waals surface area contributed by atoms with Crippen LogP contribution >= 0.6 is 0 Å². The van der Waals surface area contributed by atoms with E-state index in [0.29, 0.717) is 23.7 Å². The summed E-state index contributed by atoms with van der Waals surface area (Å²) in [5, 5.41) is 2.95. The molecule has 6 heteroatoms. The lowest BCUT2D eigenvalue weighted by atomic mass is 10.1. The zero-order valence-electron chi connectivity index (χ0n) is 16.0. The fourth-order valence-corrected chi connectivity index (χ4v) is 3.18. The molecule has 2 aromatic rings. The van der Waals surface area contributed by atoms with Gasteiger partial charge in [-0.2, -0.15) is 0 Å². The maximum absolute atomic E-state index is 12.2. The summed E-state index contributed by atoms with van der Waals surface area (Å²) < 4.78 is 5.96. The first-order valence-corrected chi connectivity index (χ1v) is 9.90. The number of carbonyl (C=O) groups excluding carboxylic acids is 1. The van der Waals surface area contributed by atoms with Crippen LogP contribution in [-0.4, -0.2) is 35.5 Å². The van der Waals surface area contributed by atoms with E-state index in [2.05, 4.69) is 27.1 Å². The summed E-state index contributed by atoms with van der Waals surface area (Å²) in [6.45, 7) is 4.82. The zero-order chi connectivity index (χ0) is 18.9. The fourth-order valence-electron chi connectivity index (χ4n) is 3.18. The van der Waals surface area contributed by atoms with E-state index in [-0.39, 0.29) is 5.91 Å². The lowest BCUT2D eigenvalue weighted by molar-refractivity contribution is 0.0953. The van der Waals surface area contributed by atoms with Crippen molar-refractivity contribution in [2.24, 2.45) is 0 Å². The Morgan fingerprint density at radius 2 is 1.81 bits per heavy atom. The van der Waals surface area contributed by atoms with Crippen LogP contribution in [0, 0.1) is 0 Å². The highest BCUT2D eigenvalue weighted by atomic mass is 16.5. The number of ether oxygens (including phenoxy) is 1. The first-order chi connectivity index (χ1) is 13.3. The van der Waals surface area contributed by atoms with Crippen LogP contribution in [0.15, 0.2) is 36.7 Å². The number of benzene rings is 1. The molecule has 1 fully saturated rings. The Kier molecular flexibility index (Phi) is 7.02. The van der Waals surface area contributed by atoms with E-state index in [1.165, 1.54) is 6.42 Å². The summed E-state index contributed by atoms with van der Waals surface area (Å²) in [7, 11) is 0. The summed E-state index contributed by atoms with van der Waals surface area (Å²) in [6.07, 6.45) is 10.2. The third kappa shape index (κ3) is 5.42. The van der Waals surface area contributed by atoms with E-state index in [0.717, 1.165) is 51.0 Å². The number of unbranched alkanes of at least 4 members (excludes halogenated alkanes) is 2. The SMILES string of the molecule is CCCCCNC(=O)c1ccc(Oc2nccnc2N2CCCCC2)cc1. The van der Waals surface area contributed by atoms with Crippen molar-refractivity contribution in [1.29, 1.82) is 0 Å². The second-order valence-corrected chi connectivity index (χ2v) is 6.82. The topological polar surface area (TPSA) is 67.3 Å². The van der Waals surface area contributed by atoms with Crippen LogP contribution in [-0.2, 0) is 0 Å². The van der Waals surface area contributed by atoms with Crippen LogP contribution < -0.4 is 15.0 Å². The Hall–Kier alpha value is -2.63. The highest BCUT2D eigenvalue weighted by Gasteiger charge is 2.18. The number of hydrogen-bond donors (Lipinski definition) is 1. The van der Waals surface area contributed by atoms with Crippen molar-refractivity contribution >= 4 is 11.7 Å². The van der Waals surface area contributed by atoms with Crippen molar-refractivity contribution in [2.75, 3.05) is 24.5 Å². The highest BCUT2D eigenvalue weighted by Crippen LogP contribution is 2.29. The van der Waals surface area contributed by atoms with Gasteiger partial charge in [-0.1, -0.05) is 19.8 Å².